The van der Waals surface area contributed by atoms with Crippen molar-refractivity contribution < 1.29 is 0 Å². The van der Waals surface area contributed by atoms with Crippen LogP contribution in [0.3, 0.4) is 0 Å². The van der Waals surface area contributed by atoms with Crippen molar-refractivity contribution in [1.29, 1.82) is 0 Å². The van der Waals surface area contributed by atoms with E-state index in [0.29, 0.717) is 0 Å². The molecule has 15 heavy (non-hydrogen) atoms. The topological polar surface area (TPSA) is 14.1 Å². The fourth-order valence-corrected chi connectivity index (χ4v) is 1.80. The first-order valence-electron chi connectivity index (χ1n) is 4.83. The maximum Gasteiger partial charge on any atom is -0.0602 e. The molecule has 0 fully saturated rings. The maximum atomic E-state index is 5.66. The molecule has 2 aromatic rings. The first kappa shape index (κ1) is 10.2. The summed E-state index contributed by atoms with van der Waals surface area (Å²) < 4.78 is 0. The minimum Gasteiger partial charge on any atom is -0.565 e. The molecule has 76 valence electrons. The van der Waals surface area contributed by atoms with Gasteiger partial charge in [0.2, 0.25) is 0 Å². The minimum absolute atomic E-state index is 0.0749. The van der Waals surface area contributed by atoms with E-state index in [4.69, 9.17) is 11.8 Å². The Morgan fingerprint density at radius 2 is 1.13 bits per heavy atom. The van der Waals surface area contributed by atoms with Gasteiger partial charge < -0.3 is 4.84 Å². The van der Waals surface area contributed by atoms with Crippen molar-refractivity contribution in [2.45, 2.75) is 6.04 Å². The molecular weight excluding hydrogens is 206 g/mol. The standard InChI is InChI=1S/C13H11ClN/c14-15-13(11-7-3-1-4-8-11)12-9-5-2-6-10-12/h1-10,13H/q-1. The second-order valence-corrected chi connectivity index (χ2v) is 3.52. The van der Waals surface area contributed by atoms with Gasteiger partial charge >= 0.3 is 0 Å². The van der Waals surface area contributed by atoms with Crippen LogP contribution >= 0.6 is 11.8 Å². The van der Waals surface area contributed by atoms with Gasteiger partial charge in [-0.05, 0) is 0 Å². The minimum atomic E-state index is -0.0749. The van der Waals surface area contributed by atoms with Gasteiger partial charge in [0.1, 0.15) is 0 Å². The van der Waals surface area contributed by atoms with E-state index in [9.17, 15) is 0 Å². The fourth-order valence-electron chi connectivity index (χ4n) is 1.58. The highest BCUT2D eigenvalue weighted by Crippen LogP contribution is 2.30. The summed E-state index contributed by atoms with van der Waals surface area (Å²) in [6, 6.07) is 20.0. The molecular formula is C13H11ClN-. The van der Waals surface area contributed by atoms with E-state index in [1.165, 1.54) is 0 Å². The molecule has 0 saturated carbocycles. The molecule has 0 N–H and O–H groups in total. The summed E-state index contributed by atoms with van der Waals surface area (Å²) >= 11 is 5.66. The van der Waals surface area contributed by atoms with Crippen LogP contribution in [0, 0.1) is 0 Å². The normalized spacial score (nSPS) is 10.5. The molecule has 2 heteroatoms. The van der Waals surface area contributed by atoms with Crippen molar-refractivity contribution in [3.05, 3.63) is 76.6 Å². The van der Waals surface area contributed by atoms with Crippen molar-refractivity contribution in [3.8, 4) is 0 Å². The van der Waals surface area contributed by atoms with E-state index in [-0.39, 0.29) is 6.04 Å². The first-order chi connectivity index (χ1) is 7.42. The molecule has 0 amide bonds. The summed E-state index contributed by atoms with van der Waals surface area (Å²) in [4.78, 5) is 3.90. The smallest absolute Gasteiger partial charge is 0.0602 e. The molecule has 0 heterocycles. The third-order valence-corrected chi connectivity index (χ3v) is 2.52. The molecule has 1 nitrogen and oxygen atoms in total. The number of nitrogens with zero attached hydrogens (tertiary/aromatic N) is 1. The van der Waals surface area contributed by atoms with E-state index in [1.54, 1.807) is 0 Å². The third-order valence-electron chi connectivity index (χ3n) is 2.33. The summed E-state index contributed by atoms with van der Waals surface area (Å²) in [5.74, 6) is 0. The molecule has 0 aliphatic heterocycles. The van der Waals surface area contributed by atoms with Crippen molar-refractivity contribution in [3.63, 3.8) is 0 Å². The van der Waals surface area contributed by atoms with Gasteiger partial charge in [0, 0.05) is 0 Å². The van der Waals surface area contributed by atoms with Gasteiger partial charge in [0.05, 0.1) is 0 Å². The van der Waals surface area contributed by atoms with E-state index in [2.05, 4.69) is 4.84 Å². The van der Waals surface area contributed by atoms with Crippen LogP contribution in [0.2, 0.25) is 0 Å². The largest absolute Gasteiger partial charge is 0.565 e. The molecule has 0 saturated heterocycles. The summed E-state index contributed by atoms with van der Waals surface area (Å²) in [5, 5.41) is 0. The summed E-state index contributed by atoms with van der Waals surface area (Å²) in [7, 11) is 0. The Balaban J connectivity index is 2.34. The zero-order chi connectivity index (χ0) is 10.5. The molecule has 0 aliphatic rings. The zero-order valence-corrected chi connectivity index (χ0v) is 8.93. The van der Waals surface area contributed by atoms with Gasteiger partial charge in [-0.15, -0.1) is 0 Å². The Labute approximate surface area is 94.8 Å². The zero-order valence-electron chi connectivity index (χ0n) is 8.18. The average Bonchev–Trinajstić information content (AvgIpc) is 2.33. The summed E-state index contributed by atoms with van der Waals surface area (Å²) in [6.07, 6.45) is 0. The number of hydrogen-bond acceptors (Lipinski definition) is 0. The molecule has 0 aliphatic carbocycles. The van der Waals surface area contributed by atoms with Gasteiger partial charge in [0.15, 0.2) is 0 Å². The predicted octanol–water partition coefficient (Wildman–Crippen LogP) is 4.30. The molecule has 0 unspecified atom stereocenters. The van der Waals surface area contributed by atoms with Crippen molar-refractivity contribution in [2.75, 3.05) is 0 Å². The fraction of sp³-hybridized carbons (Fsp3) is 0.0769. The third kappa shape index (κ3) is 2.38. The van der Waals surface area contributed by atoms with Crippen LogP contribution in [0.1, 0.15) is 17.2 Å². The highest BCUT2D eigenvalue weighted by molar-refractivity contribution is 6.25. The Morgan fingerprint density at radius 1 is 0.733 bits per heavy atom. The number of halogens is 1. The first-order valence-corrected chi connectivity index (χ1v) is 5.16. The molecule has 2 aromatic carbocycles. The lowest BCUT2D eigenvalue weighted by atomic mass is 10.00. The Hall–Kier alpha value is -1.31. The van der Waals surface area contributed by atoms with E-state index < -0.39 is 0 Å². The van der Waals surface area contributed by atoms with Gasteiger partial charge in [0.25, 0.3) is 0 Å². The van der Waals surface area contributed by atoms with E-state index in [1.807, 2.05) is 60.7 Å². The molecule has 0 bridgehead atoms. The van der Waals surface area contributed by atoms with Gasteiger partial charge in [-0.3, -0.25) is 11.8 Å². The Morgan fingerprint density at radius 3 is 1.47 bits per heavy atom. The molecule has 0 spiro atoms. The molecule has 0 radical (unpaired) electrons. The Kier molecular flexibility index (Phi) is 3.38. The predicted molar refractivity (Wildman–Crippen MR) is 63.9 cm³/mol. The number of rotatable bonds is 3. The van der Waals surface area contributed by atoms with Gasteiger partial charge in [-0.1, -0.05) is 77.8 Å². The van der Waals surface area contributed by atoms with Gasteiger partial charge in [-0.25, -0.2) is 0 Å². The van der Waals surface area contributed by atoms with Crippen LogP contribution in [0.4, 0.5) is 0 Å². The lowest BCUT2D eigenvalue weighted by molar-refractivity contribution is 1.01. The average molecular weight is 217 g/mol. The maximum absolute atomic E-state index is 5.66. The van der Waals surface area contributed by atoms with Crippen LogP contribution in [-0.2, 0) is 0 Å². The highest BCUT2D eigenvalue weighted by Gasteiger charge is 2.02. The second-order valence-electron chi connectivity index (χ2n) is 3.32. The monoisotopic (exact) mass is 216 g/mol. The summed E-state index contributed by atoms with van der Waals surface area (Å²) in [6.45, 7) is 0. The van der Waals surface area contributed by atoms with Crippen molar-refractivity contribution >= 4 is 11.8 Å². The van der Waals surface area contributed by atoms with Crippen LogP contribution in [0.25, 0.3) is 4.84 Å². The van der Waals surface area contributed by atoms with Crippen LogP contribution < -0.4 is 0 Å². The molecule has 0 atom stereocenters. The highest BCUT2D eigenvalue weighted by atomic mass is 35.5. The SMILES string of the molecule is Cl[N-]C(c1ccccc1)c1ccccc1. The van der Waals surface area contributed by atoms with Gasteiger partial charge in [-0.2, -0.15) is 0 Å². The molecule has 2 rings (SSSR count). The van der Waals surface area contributed by atoms with E-state index in [0.717, 1.165) is 11.1 Å². The lowest BCUT2D eigenvalue weighted by Gasteiger charge is -2.27. The van der Waals surface area contributed by atoms with E-state index >= 15 is 0 Å². The van der Waals surface area contributed by atoms with Crippen LogP contribution in [0.5, 0.6) is 0 Å². The summed E-state index contributed by atoms with van der Waals surface area (Å²) in [5.41, 5.74) is 2.22. The number of benzene rings is 2. The number of hydrogen-bond donors (Lipinski definition) is 0. The van der Waals surface area contributed by atoms with Crippen molar-refractivity contribution in [2.24, 2.45) is 0 Å². The molecule has 0 aromatic heterocycles. The quantitative estimate of drug-likeness (QED) is 0.726. The second kappa shape index (κ2) is 4.96. The van der Waals surface area contributed by atoms with Crippen LogP contribution in [-0.4, -0.2) is 0 Å². The van der Waals surface area contributed by atoms with Crippen molar-refractivity contribution in [1.82, 2.24) is 0 Å². The lowest BCUT2D eigenvalue weighted by Crippen LogP contribution is -1.96. The Bertz CT molecular complexity index is 360. The van der Waals surface area contributed by atoms with Crippen LogP contribution in [0.15, 0.2) is 60.7 Å².